The number of aliphatic hydroxyl groups excluding tert-OH is 2. The summed E-state index contributed by atoms with van der Waals surface area (Å²) in [4.78, 5) is 1.74. The lowest BCUT2D eigenvalue weighted by Crippen LogP contribution is -1.96. The molecule has 9 aromatic rings. The first-order valence-electron chi connectivity index (χ1n) is 14.5. The molecule has 0 bridgehead atoms. The number of aliphatic hydroxyl groups is 2. The molecule has 0 saturated carbocycles. The predicted molar refractivity (Wildman–Crippen MR) is 193 cm³/mol. The largest absolute Gasteiger partial charge is 0.383 e. The smallest absolute Gasteiger partial charge is 0.113 e. The lowest BCUT2D eigenvalue weighted by molar-refractivity contribution is 0.224. The van der Waals surface area contributed by atoms with Gasteiger partial charge in [-0.2, -0.15) is 10.5 Å². The average molecular weight is 665 g/mol. The minimum Gasteiger partial charge on any atom is -0.383 e. The molecule has 4 nitrogen and oxygen atoms in total. The first-order chi connectivity index (χ1) is 22.5. The van der Waals surface area contributed by atoms with Crippen LogP contribution in [-0.4, -0.2) is 10.2 Å². The Morgan fingerprint density at radius 1 is 0.435 bits per heavy atom. The predicted octanol–water partition coefficient (Wildman–Crippen LogP) is 10.8. The van der Waals surface area contributed by atoms with E-state index in [1.165, 1.54) is 40.3 Å². The zero-order chi connectivity index (χ0) is 31.1. The number of rotatable bonds is 4. The number of nitriles is 2. The molecule has 8 heteroatoms. The fraction of sp³-hybridized carbons (Fsp3) is 0.0526. The molecule has 0 aliphatic carbocycles. The molecule has 2 atom stereocenters. The zero-order valence-electron chi connectivity index (χ0n) is 23.8. The molecule has 4 heterocycles. The highest BCUT2D eigenvalue weighted by molar-refractivity contribution is 7.28. The van der Waals surface area contributed by atoms with Gasteiger partial charge in [0.05, 0.1) is 23.3 Å². The molecule has 0 amide bonds. The number of benzene rings is 5. The summed E-state index contributed by atoms with van der Waals surface area (Å²) in [6.45, 7) is 0. The van der Waals surface area contributed by atoms with E-state index in [1.54, 1.807) is 69.6 Å². The Balaban J connectivity index is 1.27. The van der Waals surface area contributed by atoms with Crippen molar-refractivity contribution in [1.29, 1.82) is 10.5 Å². The van der Waals surface area contributed by atoms with E-state index >= 15 is 0 Å². The van der Waals surface area contributed by atoms with E-state index in [-0.39, 0.29) is 0 Å². The van der Waals surface area contributed by atoms with Crippen LogP contribution >= 0.6 is 45.3 Å². The summed E-state index contributed by atoms with van der Waals surface area (Å²) in [5.41, 5.74) is 2.67. The Hall–Kier alpha value is -4.64. The number of nitrogens with zero attached hydrogens (tertiary/aromatic N) is 2. The van der Waals surface area contributed by atoms with Crippen LogP contribution in [0.15, 0.2) is 97.1 Å². The highest BCUT2D eigenvalue weighted by atomic mass is 32.1. The van der Waals surface area contributed by atoms with Crippen LogP contribution in [0.2, 0.25) is 0 Å². The van der Waals surface area contributed by atoms with E-state index in [4.69, 9.17) is 0 Å². The van der Waals surface area contributed by atoms with Gasteiger partial charge in [-0.1, -0.05) is 24.3 Å². The van der Waals surface area contributed by atoms with Gasteiger partial charge in [-0.15, -0.1) is 45.3 Å². The van der Waals surface area contributed by atoms with Gasteiger partial charge >= 0.3 is 0 Å². The molecule has 46 heavy (non-hydrogen) atoms. The fourth-order valence-corrected chi connectivity index (χ4v) is 10.9. The molecule has 2 unspecified atom stereocenters. The third-order valence-electron chi connectivity index (χ3n) is 8.68. The van der Waals surface area contributed by atoms with Gasteiger partial charge in [0.25, 0.3) is 0 Å². The number of hydrogen-bond acceptors (Lipinski definition) is 8. The van der Waals surface area contributed by atoms with E-state index in [0.29, 0.717) is 11.1 Å². The van der Waals surface area contributed by atoms with Gasteiger partial charge in [0, 0.05) is 70.3 Å². The van der Waals surface area contributed by atoms with Crippen LogP contribution in [0.25, 0.3) is 60.5 Å². The quantitative estimate of drug-likeness (QED) is 0.196. The standard InChI is InChI=1S/C38H20N2O2S4/c39-17-19-1-5-21(6-2-19)37(41)31-15-23-25(43-31)9-11-27-33(23)35-29(45-27)13-14-30-36(35)34-24-16-32(44-26(24)10-12-28(34)46-30)38(42)22-7-3-20(18-40)4-8-22/h1-16,37-38,41-42H. The van der Waals surface area contributed by atoms with Crippen molar-refractivity contribution in [2.45, 2.75) is 12.2 Å². The van der Waals surface area contributed by atoms with Gasteiger partial charge in [0.15, 0.2) is 0 Å². The van der Waals surface area contributed by atoms with E-state index in [0.717, 1.165) is 41.1 Å². The second-order valence-electron chi connectivity index (χ2n) is 11.3. The first kappa shape index (κ1) is 27.7. The fourth-order valence-electron chi connectivity index (χ4n) is 6.45. The van der Waals surface area contributed by atoms with Crippen LogP contribution in [-0.2, 0) is 0 Å². The highest BCUT2D eigenvalue weighted by Crippen LogP contribution is 2.50. The van der Waals surface area contributed by atoms with Crippen LogP contribution in [0.3, 0.4) is 0 Å². The highest BCUT2D eigenvalue weighted by Gasteiger charge is 2.22. The molecule has 0 radical (unpaired) electrons. The summed E-state index contributed by atoms with van der Waals surface area (Å²) in [5.74, 6) is 0. The summed E-state index contributed by atoms with van der Waals surface area (Å²) in [6, 6.07) is 36.0. The third kappa shape index (κ3) is 4.13. The second-order valence-corrected chi connectivity index (χ2v) is 15.7. The molecular weight excluding hydrogens is 645 g/mol. The summed E-state index contributed by atoms with van der Waals surface area (Å²) in [5, 5.41) is 48.2. The van der Waals surface area contributed by atoms with Crippen molar-refractivity contribution >= 4 is 106 Å². The van der Waals surface area contributed by atoms with Crippen LogP contribution < -0.4 is 0 Å². The maximum absolute atomic E-state index is 11.3. The minimum absolute atomic E-state index is 0.571. The minimum atomic E-state index is -0.779. The van der Waals surface area contributed by atoms with Gasteiger partial charge in [-0.3, -0.25) is 0 Å². The molecule has 0 fully saturated rings. The first-order valence-corrected chi connectivity index (χ1v) is 17.8. The number of fused-ring (bicyclic) bond motifs is 11. The Morgan fingerprint density at radius 3 is 1.15 bits per heavy atom. The monoisotopic (exact) mass is 664 g/mol. The molecule has 0 saturated heterocycles. The Morgan fingerprint density at radius 2 is 0.783 bits per heavy atom. The Kier molecular flexibility index (Phi) is 6.28. The molecule has 218 valence electrons. The van der Waals surface area contributed by atoms with Crippen LogP contribution in [0.1, 0.15) is 44.2 Å². The van der Waals surface area contributed by atoms with Crippen LogP contribution in [0.5, 0.6) is 0 Å². The SMILES string of the molecule is N#Cc1ccc(C(O)c2cc3c(ccc4sc5ccc6sc7ccc8sc(C(O)c9ccc(C#N)cc9)cc8c7c6c5c43)s2)cc1. The van der Waals surface area contributed by atoms with Gasteiger partial charge in [0.2, 0.25) is 0 Å². The third-order valence-corrected chi connectivity index (χ3v) is 13.2. The Bertz CT molecular complexity index is 2560. The maximum atomic E-state index is 11.3. The van der Waals surface area contributed by atoms with E-state index in [9.17, 15) is 20.7 Å². The molecule has 0 spiro atoms. The molecule has 9 rings (SSSR count). The molecule has 2 N–H and O–H groups in total. The summed E-state index contributed by atoms with van der Waals surface area (Å²) >= 11 is 6.80. The zero-order valence-corrected chi connectivity index (χ0v) is 27.1. The van der Waals surface area contributed by atoms with Crippen molar-refractivity contribution in [2.24, 2.45) is 0 Å². The molecular formula is C38H20N2O2S4. The van der Waals surface area contributed by atoms with Crippen molar-refractivity contribution in [1.82, 2.24) is 0 Å². The second kappa shape index (κ2) is 10.4. The normalized spacial score (nSPS) is 13.2. The van der Waals surface area contributed by atoms with Crippen LogP contribution in [0.4, 0.5) is 0 Å². The topological polar surface area (TPSA) is 88.0 Å². The van der Waals surface area contributed by atoms with Crippen LogP contribution in [0, 0.1) is 22.7 Å². The molecule has 5 aromatic carbocycles. The number of hydrogen-bond donors (Lipinski definition) is 2. The Labute approximate surface area is 278 Å². The van der Waals surface area contributed by atoms with Gasteiger partial charge < -0.3 is 10.2 Å². The lowest BCUT2D eigenvalue weighted by Gasteiger charge is -2.08. The van der Waals surface area contributed by atoms with Crippen molar-refractivity contribution in [2.75, 3.05) is 0 Å². The van der Waals surface area contributed by atoms with Gasteiger partial charge in [-0.25, -0.2) is 0 Å². The summed E-state index contributed by atoms with van der Waals surface area (Å²) in [7, 11) is 0. The van der Waals surface area contributed by atoms with E-state index in [1.807, 2.05) is 24.3 Å². The summed E-state index contributed by atoms with van der Waals surface area (Å²) in [6.07, 6.45) is -1.56. The number of thiophene rings is 4. The van der Waals surface area contributed by atoms with Crippen molar-refractivity contribution in [3.63, 3.8) is 0 Å². The average Bonchev–Trinajstić information content (AvgIpc) is 3.88. The summed E-state index contributed by atoms with van der Waals surface area (Å²) < 4.78 is 7.11. The molecule has 0 aliphatic rings. The van der Waals surface area contributed by atoms with E-state index < -0.39 is 12.2 Å². The lowest BCUT2D eigenvalue weighted by atomic mass is 10.0. The van der Waals surface area contributed by atoms with E-state index in [2.05, 4.69) is 60.7 Å². The molecule has 4 aromatic heterocycles. The van der Waals surface area contributed by atoms with Gasteiger partial charge in [0.1, 0.15) is 12.2 Å². The van der Waals surface area contributed by atoms with Crippen molar-refractivity contribution in [3.8, 4) is 12.1 Å². The van der Waals surface area contributed by atoms with Gasteiger partial charge in [-0.05, 0) is 83.9 Å². The van der Waals surface area contributed by atoms with Crippen molar-refractivity contribution < 1.29 is 10.2 Å². The maximum Gasteiger partial charge on any atom is 0.113 e. The van der Waals surface area contributed by atoms with Crippen molar-refractivity contribution in [3.05, 3.63) is 129 Å². The molecule has 0 aliphatic heterocycles.